The summed E-state index contributed by atoms with van der Waals surface area (Å²) in [5, 5.41) is 6.64. The molecule has 2 N–H and O–H groups in total. The van der Waals surface area contributed by atoms with Crippen molar-refractivity contribution >= 4 is 17.2 Å². The molecule has 124 valence electrons. The first-order valence-corrected chi connectivity index (χ1v) is 8.05. The summed E-state index contributed by atoms with van der Waals surface area (Å²) in [6.45, 7) is 3.15. The van der Waals surface area contributed by atoms with Crippen LogP contribution >= 0.6 is 11.3 Å². The number of hydrogen-bond acceptors (Lipinski definition) is 6. The Labute approximate surface area is 139 Å². The van der Waals surface area contributed by atoms with Gasteiger partial charge in [0.2, 0.25) is 0 Å². The van der Waals surface area contributed by atoms with Crippen molar-refractivity contribution in [1.82, 2.24) is 15.6 Å². The molecule has 0 aliphatic carbocycles. The lowest BCUT2D eigenvalue weighted by atomic mass is 10.2. The number of rotatable bonds is 7. The van der Waals surface area contributed by atoms with E-state index in [1.165, 1.54) is 11.3 Å². The molecule has 1 aromatic carbocycles. The standard InChI is InChI=1S/C16H21N3O3S/c1-10-14(15(20)18-8-7-17-2)23-16(19-10)11-5-6-12(21-3)13(9-11)22-4/h5-6,9,17H,7-8H2,1-4H3,(H,18,20). The fraction of sp³-hybridized carbons (Fsp3) is 0.375. The van der Waals surface area contributed by atoms with Crippen LogP contribution in [0.3, 0.4) is 0 Å². The molecule has 1 heterocycles. The molecule has 0 radical (unpaired) electrons. The number of amides is 1. The summed E-state index contributed by atoms with van der Waals surface area (Å²) >= 11 is 1.37. The predicted octanol–water partition coefficient (Wildman–Crippen LogP) is 2.08. The van der Waals surface area contributed by atoms with Crippen molar-refractivity contribution < 1.29 is 14.3 Å². The van der Waals surface area contributed by atoms with Crippen molar-refractivity contribution in [3.8, 4) is 22.1 Å². The molecular weight excluding hydrogens is 314 g/mol. The van der Waals surface area contributed by atoms with E-state index in [9.17, 15) is 4.79 Å². The molecule has 2 rings (SSSR count). The number of likely N-dealkylation sites (N-methyl/N-ethyl adjacent to an activating group) is 1. The maximum atomic E-state index is 12.2. The van der Waals surface area contributed by atoms with Crippen molar-refractivity contribution in [2.45, 2.75) is 6.92 Å². The lowest BCUT2D eigenvalue weighted by Crippen LogP contribution is -2.30. The van der Waals surface area contributed by atoms with Crippen LogP contribution in [0.15, 0.2) is 18.2 Å². The van der Waals surface area contributed by atoms with Gasteiger partial charge in [-0.2, -0.15) is 0 Å². The number of thiazole rings is 1. The van der Waals surface area contributed by atoms with Crippen LogP contribution < -0.4 is 20.1 Å². The van der Waals surface area contributed by atoms with Gasteiger partial charge in [0, 0.05) is 18.7 Å². The number of nitrogens with zero attached hydrogens (tertiary/aromatic N) is 1. The fourth-order valence-electron chi connectivity index (χ4n) is 2.08. The first-order chi connectivity index (χ1) is 11.1. The van der Waals surface area contributed by atoms with Crippen LogP contribution in [0.4, 0.5) is 0 Å². The lowest BCUT2D eigenvalue weighted by Gasteiger charge is -2.08. The predicted molar refractivity (Wildman–Crippen MR) is 91.7 cm³/mol. The first-order valence-electron chi connectivity index (χ1n) is 7.23. The first kappa shape index (κ1) is 17.2. The number of aryl methyl sites for hydroxylation is 1. The molecule has 0 fully saturated rings. The van der Waals surface area contributed by atoms with Gasteiger partial charge in [-0.05, 0) is 32.2 Å². The number of methoxy groups -OCH3 is 2. The van der Waals surface area contributed by atoms with Gasteiger partial charge in [0.15, 0.2) is 11.5 Å². The molecule has 0 saturated carbocycles. The van der Waals surface area contributed by atoms with Gasteiger partial charge in [-0.1, -0.05) is 0 Å². The summed E-state index contributed by atoms with van der Waals surface area (Å²) in [7, 11) is 5.04. The zero-order valence-corrected chi connectivity index (χ0v) is 14.5. The molecule has 0 unspecified atom stereocenters. The van der Waals surface area contributed by atoms with Crippen molar-refractivity contribution in [3.63, 3.8) is 0 Å². The Bertz CT molecular complexity index is 685. The van der Waals surface area contributed by atoms with Gasteiger partial charge in [0.25, 0.3) is 5.91 Å². The maximum absolute atomic E-state index is 12.2. The van der Waals surface area contributed by atoms with Crippen LogP contribution in [0.1, 0.15) is 15.4 Å². The van der Waals surface area contributed by atoms with Gasteiger partial charge < -0.3 is 20.1 Å². The van der Waals surface area contributed by atoms with E-state index >= 15 is 0 Å². The molecule has 0 saturated heterocycles. The normalized spacial score (nSPS) is 10.4. The number of carbonyl (C=O) groups is 1. The quantitative estimate of drug-likeness (QED) is 0.758. The Kier molecular flexibility index (Phi) is 5.95. The Morgan fingerprint density at radius 2 is 1.96 bits per heavy atom. The Hall–Kier alpha value is -2.12. The Balaban J connectivity index is 2.25. The summed E-state index contributed by atoms with van der Waals surface area (Å²) in [6.07, 6.45) is 0. The van der Waals surface area contributed by atoms with Crippen molar-refractivity contribution in [1.29, 1.82) is 0 Å². The summed E-state index contributed by atoms with van der Waals surface area (Å²) < 4.78 is 10.6. The SMILES string of the molecule is CNCCNC(=O)c1sc(-c2ccc(OC)c(OC)c2)nc1C. The lowest BCUT2D eigenvalue weighted by molar-refractivity contribution is 0.0957. The van der Waals surface area contributed by atoms with Gasteiger partial charge in [-0.25, -0.2) is 4.98 Å². The second kappa shape index (κ2) is 7.94. The van der Waals surface area contributed by atoms with E-state index < -0.39 is 0 Å². The van der Waals surface area contributed by atoms with Crippen molar-refractivity contribution in [2.75, 3.05) is 34.4 Å². The molecule has 0 bridgehead atoms. The maximum Gasteiger partial charge on any atom is 0.263 e. The molecule has 6 nitrogen and oxygen atoms in total. The highest BCUT2D eigenvalue weighted by Gasteiger charge is 2.17. The number of carbonyl (C=O) groups excluding carboxylic acids is 1. The number of aromatic nitrogens is 1. The molecule has 7 heteroatoms. The van der Waals surface area contributed by atoms with Gasteiger partial charge >= 0.3 is 0 Å². The van der Waals surface area contributed by atoms with Crippen molar-refractivity contribution in [2.24, 2.45) is 0 Å². The summed E-state index contributed by atoms with van der Waals surface area (Å²) in [6, 6.07) is 5.60. The molecule has 0 aliphatic rings. The van der Waals surface area contributed by atoms with E-state index in [1.807, 2.05) is 32.2 Å². The Morgan fingerprint density at radius 1 is 1.22 bits per heavy atom. The monoisotopic (exact) mass is 335 g/mol. The van der Waals surface area contributed by atoms with Crippen LogP contribution in [0.25, 0.3) is 10.6 Å². The van der Waals surface area contributed by atoms with Crippen LogP contribution in [0.5, 0.6) is 11.5 Å². The third-order valence-electron chi connectivity index (χ3n) is 3.29. The molecule has 0 atom stereocenters. The fourth-order valence-corrected chi connectivity index (χ4v) is 3.06. The largest absolute Gasteiger partial charge is 0.493 e. The second-order valence-electron chi connectivity index (χ2n) is 4.86. The summed E-state index contributed by atoms with van der Waals surface area (Å²) in [5.74, 6) is 1.20. The number of benzene rings is 1. The average molecular weight is 335 g/mol. The van der Waals surface area contributed by atoms with E-state index in [-0.39, 0.29) is 5.91 Å². The van der Waals surface area contributed by atoms with E-state index in [1.54, 1.807) is 14.2 Å². The van der Waals surface area contributed by atoms with E-state index in [0.717, 1.165) is 22.8 Å². The third kappa shape index (κ3) is 4.00. The van der Waals surface area contributed by atoms with E-state index in [4.69, 9.17) is 9.47 Å². The smallest absolute Gasteiger partial charge is 0.263 e. The van der Waals surface area contributed by atoms with Crippen LogP contribution in [-0.4, -0.2) is 45.2 Å². The molecular formula is C16H21N3O3S. The van der Waals surface area contributed by atoms with Crippen LogP contribution in [-0.2, 0) is 0 Å². The van der Waals surface area contributed by atoms with E-state index in [0.29, 0.717) is 22.9 Å². The number of nitrogens with one attached hydrogen (secondary N) is 2. The minimum Gasteiger partial charge on any atom is -0.493 e. The minimum absolute atomic E-state index is 0.0954. The van der Waals surface area contributed by atoms with Crippen LogP contribution in [0, 0.1) is 6.92 Å². The van der Waals surface area contributed by atoms with E-state index in [2.05, 4.69) is 15.6 Å². The molecule has 1 aromatic heterocycles. The van der Waals surface area contributed by atoms with Gasteiger partial charge in [0.1, 0.15) is 9.88 Å². The van der Waals surface area contributed by atoms with Crippen molar-refractivity contribution in [3.05, 3.63) is 28.8 Å². The highest BCUT2D eigenvalue weighted by molar-refractivity contribution is 7.17. The molecule has 0 aliphatic heterocycles. The number of ether oxygens (including phenoxy) is 2. The summed E-state index contributed by atoms with van der Waals surface area (Å²) in [5.41, 5.74) is 1.62. The molecule has 1 amide bonds. The molecule has 0 spiro atoms. The number of hydrogen-bond donors (Lipinski definition) is 2. The van der Waals surface area contributed by atoms with Crippen LogP contribution in [0.2, 0.25) is 0 Å². The zero-order chi connectivity index (χ0) is 16.8. The topological polar surface area (TPSA) is 72.5 Å². The summed E-state index contributed by atoms with van der Waals surface area (Å²) in [4.78, 5) is 17.3. The average Bonchev–Trinajstić information content (AvgIpc) is 2.96. The molecule has 2 aromatic rings. The second-order valence-corrected chi connectivity index (χ2v) is 5.86. The molecule has 23 heavy (non-hydrogen) atoms. The zero-order valence-electron chi connectivity index (χ0n) is 13.7. The van der Waals surface area contributed by atoms with Gasteiger partial charge in [-0.15, -0.1) is 11.3 Å². The third-order valence-corrected chi connectivity index (χ3v) is 4.50. The van der Waals surface area contributed by atoms with Gasteiger partial charge in [0.05, 0.1) is 19.9 Å². The highest BCUT2D eigenvalue weighted by Crippen LogP contribution is 2.34. The highest BCUT2D eigenvalue weighted by atomic mass is 32.1. The Morgan fingerprint density at radius 3 is 2.61 bits per heavy atom. The van der Waals surface area contributed by atoms with Gasteiger partial charge in [-0.3, -0.25) is 4.79 Å². The minimum atomic E-state index is -0.0954.